The van der Waals surface area contributed by atoms with Gasteiger partial charge in [-0.1, -0.05) is 12.1 Å². The summed E-state index contributed by atoms with van der Waals surface area (Å²) in [6, 6.07) is 8.64. The molecular weight excluding hydrogens is 402 g/mol. The Labute approximate surface area is 167 Å². The van der Waals surface area contributed by atoms with Gasteiger partial charge in [0.1, 0.15) is 0 Å². The molecule has 0 bridgehead atoms. The summed E-state index contributed by atoms with van der Waals surface area (Å²) in [5.41, 5.74) is 3.61. The molecule has 0 aliphatic carbocycles. The van der Waals surface area contributed by atoms with Crippen LogP contribution in [0.4, 0.5) is 16.5 Å². The summed E-state index contributed by atoms with van der Waals surface area (Å²) in [7, 11) is 1.28. The minimum atomic E-state index is -0.727. The van der Waals surface area contributed by atoms with Gasteiger partial charge >= 0.3 is 5.69 Å². The van der Waals surface area contributed by atoms with E-state index in [2.05, 4.69) is 15.5 Å². The molecular formula is C17H13N5O6S. The number of nitro groups is 2. The summed E-state index contributed by atoms with van der Waals surface area (Å²) >= 11 is 1.23. The average molecular weight is 415 g/mol. The second-order valence-electron chi connectivity index (χ2n) is 5.56. The molecule has 2 aromatic carbocycles. The van der Waals surface area contributed by atoms with Crippen molar-refractivity contribution in [1.29, 1.82) is 0 Å². The predicted molar refractivity (Wildman–Crippen MR) is 107 cm³/mol. The summed E-state index contributed by atoms with van der Waals surface area (Å²) in [5.74, 6) is -0.619. The number of hydrazone groups is 1. The van der Waals surface area contributed by atoms with Crippen molar-refractivity contribution in [3.8, 4) is 22.8 Å². The van der Waals surface area contributed by atoms with E-state index in [1.807, 2.05) is 0 Å². The maximum atomic E-state index is 11.0. The third kappa shape index (κ3) is 4.44. The normalized spacial score (nSPS) is 10.8. The van der Waals surface area contributed by atoms with Crippen LogP contribution in [0.2, 0.25) is 0 Å². The largest absolute Gasteiger partial charge is 0.500 e. The fraction of sp³-hybridized carbons (Fsp3) is 0.0588. The summed E-state index contributed by atoms with van der Waals surface area (Å²) in [5, 5.41) is 37.8. The van der Waals surface area contributed by atoms with Gasteiger partial charge in [-0.05, 0) is 6.07 Å². The first-order valence-electron chi connectivity index (χ1n) is 7.94. The number of aromatic nitrogens is 1. The number of methoxy groups -OCH3 is 1. The topological polar surface area (TPSA) is 153 Å². The van der Waals surface area contributed by atoms with Crippen LogP contribution in [0.5, 0.6) is 11.5 Å². The van der Waals surface area contributed by atoms with E-state index in [4.69, 9.17) is 4.74 Å². The number of nitrogens with one attached hydrogen (secondary N) is 1. The molecule has 3 rings (SSSR count). The number of phenols is 1. The van der Waals surface area contributed by atoms with Gasteiger partial charge in [-0.25, -0.2) is 4.98 Å². The molecule has 0 atom stereocenters. The third-order valence-electron chi connectivity index (χ3n) is 3.72. The Bertz CT molecular complexity index is 1110. The zero-order valence-electron chi connectivity index (χ0n) is 14.8. The molecule has 0 radical (unpaired) electrons. The van der Waals surface area contributed by atoms with Crippen LogP contribution in [0.1, 0.15) is 5.56 Å². The van der Waals surface area contributed by atoms with Crippen LogP contribution < -0.4 is 10.2 Å². The van der Waals surface area contributed by atoms with Crippen LogP contribution in [0.3, 0.4) is 0 Å². The minimum Gasteiger partial charge on any atom is -0.500 e. The molecule has 3 aromatic rings. The Morgan fingerprint density at radius 3 is 2.72 bits per heavy atom. The molecule has 148 valence electrons. The van der Waals surface area contributed by atoms with Crippen LogP contribution >= 0.6 is 11.3 Å². The van der Waals surface area contributed by atoms with E-state index in [-0.39, 0.29) is 11.4 Å². The summed E-state index contributed by atoms with van der Waals surface area (Å²) in [6.45, 7) is 0. The highest BCUT2D eigenvalue weighted by Crippen LogP contribution is 2.36. The van der Waals surface area contributed by atoms with E-state index < -0.39 is 21.3 Å². The van der Waals surface area contributed by atoms with E-state index in [0.29, 0.717) is 22.0 Å². The lowest BCUT2D eigenvalue weighted by Crippen LogP contribution is -1.96. The highest BCUT2D eigenvalue weighted by atomic mass is 32.1. The molecule has 29 heavy (non-hydrogen) atoms. The van der Waals surface area contributed by atoms with Gasteiger partial charge in [-0.15, -0.1) is 11.3 Å². The van der Waals surface area contributed by atoms with Gasteiger partial charge in [0, 0.05) is 34.7 Å². The number of thiazole rings is 1. The Balaban J connectivity index is 1.77. The number of ether oxygens (including phenoxy) is 1. The Hall–Kier alpha value is -4.06. The molecule has 12 heteroatoms. The van der Waals surface area contributed by atoms with Gasteiger partial charge in [-0.2, -0.15) is 5.10 Å². The average Bonchev–Trinajstić information content (AvgIpc) is 3.17. The van der Waals surface area contributed by atoms with E-state index in [0.717, 1.165) is 6.07 Å². The number of phenolic OH excluding ortho intramolecular Hbond substituents is 1. The van der Waals surface area contributed by atoms with Gasteiger partial charge in [0.15, 0.2) is 5.75 Å². The van der Waals surface area contributed by atoms with E-state index >= 15 is 0 Å². The molecule has 0 aliphatic rings. The molecule has 1 heterocycles. The van der Waals surface area contributed by atoms with Gasteiger partial charge in [0.25, 0.3) is 5.69 Å². The lowest BCUT2D eigenvalue weighted by Gasteiger charge is -2.04. The van der Waals surface area contributed by atoms with Crippen molar-refractivity contribution in [1.82, 2.24) is 4.98 Å². The van der Waals surface area contributed by atoms with Crippen molar-refractivity contribution in [2.24, 2.45) is 5.10 Å². The van der Waals surface area contributed by atoms with Crippen LogP contribution in [0, 0.1) is 20.2 Å². The second-order valence-corrected chi connectivity index (χ2v) is 6.42. The number of nitrogens with zero attached hydrogens (tertiary/aromatic N) is 4. The first-order valence-corrected chi connectivity index (χ1v) is 8.82. The number of rotatable bonds is 7. The lowest BCUT2D eigenvalue weighted by molar-refractivity contribution is -0.386. The molecule has 0 saturated carbocycles. The van der Waals surface area contributed by atoms with Crippen molar-refractivity contribution in [2.45, 2.75) is 0 Å². The van der Waals surface area contributed by atoms with Crippen LogP contribution in [0.15, 0.2) is 46.9 Å². The first kappa shape index (κ1) is 19.7. The number of non-ortho nitro benzene ring substituents is 1. The second kappa shape index (κ2) is 8.31. The van der Waals surface area contributed by atoms with Crippen molar-refractivity contribution in [3.05, 3.63) is 67.6 Å². The fourth-order valence-corrected chi connectivity index (χ4v) is 3.05. The van der Waals surface area contributed by atoms with Crippen LogP contribution in [0.25, 0.3) is 11.3 Å². The predicted octanol–water partition coefficient (Wildman–Crippen LogP) is 3.79. The summed E-state index contributed by atoms with van der Waals surface area (Å²) in [6.07, 6.45) is 1.31. The number of anilines is 1. The van der Waals surface area contributed by atoms with Crippen molar-refractivity contribution in [3.63, 3.8) is 0 Å². The quantitative estimate of drug-likeness (QED) is 0.336. The molecule has 0 saturated heterocycles. The fourth-order valence-electron chi connectivity index (χ4n) is 2.38. The SMILES string of the molecule is COc1cc(/C=N/Nc2nc(-c3cccc([N+](=O)[O-])c3)cs2)cc([N+](=O)[O-])c1O. The molecule has 0 spiro atoms. The highest BCUT2D eigenvalue weighted by molar-refractivity contribution is 7.14. The first-order chi connectivity index (χ1) is 13.9. The Morgan fingerprint density at radius 2 is 2.03 bits per heavy atom. The van der Waals surface area contributed by atoms with Gasteiger partial charge in [0.2, 0.25) is 10.9 Å². The number of nitro benzene ring substituents is 2. The van der Waals surface area contributed by atoms with Crippen LogP contribution in [-0.4, -0.2) is 33.3 Å². The van der Waals surface area contributed by atoms with E-state index in [9.17, 15) is 25.3 Å². The zero-order chi connectivity index (χ0) is 21.0. The van der Waals surface area contributed by atoms with Gasteiger partial charge in [0.05, 0.1) is 28.9 Å². The number of hydrogen-bond donors (Lipinski definition) is 2. The Kier molecular flexibility index (Phi) is 5.64. The van der Waals surface area contributed by atoms with Crippen molar-refractivity contribution in [2.75, 3.05) is 12.5 Å². The lowest BCUT2D eigenvalue weighted by atomic mass is 10.1. The number of aromatic hydroxyl groups is 1. The summed E-state index contributed by atoms with van der Waals surface area (Å²) < 4.78 is 4.93. The standard InChI is InChI=1S/C17H13N5O6S/c1-28-15-6-10(5-14(16(15)23)22(26)27)8-18-20-17-19-13(9-29-17)11-3-2-4-12(7-11)21(24)25/h2-9,23H,1H3,(H,19,20)/b18-8+. The molecule has 0 unspecified atom stereocenters. The zero-order valence-corrected chi connectivity index (χ0v) is 15.6. The smallest absolute Gasteiger partial charge is 0.315 e. The van der Waals surface area contributed by atoms with Gasteiger partial charge < -0.3 is 9.84 Å². The molecule has 0 fully saturated rings. The maximum absolute atomic E-state index is 11.0. The van der Waals surface area contributed by atoms with E-state index in [1.54, 1.807) is 17.5 Å². The monoisotopic (exact) mass is 415 g/mol. The number of benzene rings is 2. The molecule has 2 N–H and O–H groups in total. The molecule has 0 amide bonds. The molecule has 11 nitrogen and oxygen atoms in total. The Morgan fingerprint density at radius 1 is 1.24 bits per heavy atom. The molecule has 0 aliphatic heterocycles. The molecule has 1 aromatic heterocycles. The van der Waals surface area contributed by atoms with Gasteiger partial charge in [-0.3, -0.25) is 25.7 Å². The minimum absolute atomic E-state index is 0.0362. The summed E-state index contributed by atoms with van der Waals surface area (Å²) in [4.78, 5) is 25.0. The van der Waals surface area contributed by atoms with Crippen LogP contribution in [-0.2, 0) is 0 Å². The van der Waals surface area contributed by atoms with E-state index in [1.165, 1.54) is 42.9 Å². The third-order valence-corrected chi connectivity index (χ3v) is 4.47. The highest BCUT2D eigenvalue weighted by Gasteiger charge is 2.19. The number of hydrogen-bond acceptors (Lipinski definition) is 10. The van der Waals surface area contributed by atoms with Crippen molar-refractivity contribution >= 4 is 34.1 Å². The van der Waals surface area contributed by atoms with Crippen molar-refractivity contribution < 1.29 is 19.7 Å². The maximum Gasteiger partial charge on any atom is 0.315 e.